The third-order valence-corrected chi connectivity index (χ3v) is 3.67. The molecule has 0 spiro atoms. The molecule has 0 saturated carbocycles. The zero-order valence-corrected chi connectivity index (χ0v) is 13.3. The second-order valence-electron chi connectivity index (χ2n) is 4.45. The van der Waals surface area contributed by atoms with Crippen LogP contribution in [0.2, 0.25) is 0 Å². The van der Waals surface area contributed by atoms with Gasteiger partial charge in [-0.05, 0) is 25.5 Å². The number of aromatic nitrogens is 2. The molecule has 0 aliphatic heterocycles. The molecule has 0 atom stereocenters. The van der Waals surface area contributed by atoms with E-state index < -0.39 is 0 Å². The van der Waals surface area contributed by atoms with Crippen molar-refractivity contribution in [3.63, 3.8) is 0 Å². The maximum Gasteiger partial charge on any atom is 0.133 e. The van der Waals surface area contributed by atoms with Crippen molar-refractivity contribution in [2.75, 3.05) is 41.8 Å². The Morgan fingerprint density at radius 1 is 1.15 bits per heavy atom. The number of rotatable bonds is 11. The maximum absolute atomic E-state index is 8.71. The highest BCUT2D eigenvalue weighted by atomic mass is 32.2. The molecule has 0 fully saturated rings. The predicted octanol–water partition coefficient (Wildman–Crippen LogP) is 2.39. The van der Waals surface area contributed by atoms with Crippen LogP contribution in [0.15, 0.2) is 6.07 Å². The second kappa shape index (κ2) is 10.7. The van der Waals surface area contributed by atoms with Crippen molar-refractivity contribution in [2.45, 2.75) is 33.1 Å². The minimum atomic E-state index is 0.277. The predicted molar refractivity (Wildman–Crippen MR) is 87.7 cm³/mol. The fraction of sp³-hybridized carbons (Fsp3) is 0.714. The first kappa shape index (κ1) is 17.0. The lowest BCUT2D eigenvalue weighted by atomic mass is 10.3. The summed E-state index contributed by atoms with van der Waals surface area (Å²) >= 11 is 1.84. The first-order valence-corrected chi connectivity index (χ1v) is 8.49. The summed E-state index contributed by atoms with van der Waals surface area (Å²) in [5.74, 6) is 4.69. The van der Waals surface area contributed by atoms with Crippen LogP contribution in [-0.4, -0.2) is 46.3 Å². The molecule has 114 valence electrons. The van der Waals surface area contributed by atoms with Gasteiger partial charge in [-0.3, -0.25) is 0 Å². The molecule has 20 heavy (non-hydrogen) atoms. The fourth-order valence-electron chi connectivity index (χ4n) is 1.71. The molecule has 0 unspecified atom stereocenters. The molecule has 3 N–H and O–H groups in total. The van der Waals surface area contributed by atoms with E-state index in [1.807, 2.05) is 17.8 Å². The molecule has 0 aromatic carbocycles. The molecule has 0 saturated heterocycles. The molecule has 0 radical (unpaired) electrons. The van der Waals surface area contributed by atoms with Crippen LogP contribution < -0.4 is 10.6 Å². The zero-order chi connectivity index (χ0) is 14.6. The van der Waals surface area contributed by atoms with Crippen LogP contribution in [0.3, 0.4) is 0 Å². The molecule has 6 heteroatoms. The van der Waals surface area contributed by atoms with Gasteiger partial charge in [-0.1, -0.05) is 6.92 Å². The molecule has 1 aromatic rings. The highest BCUT2D eigenvalue weighted by molar-refractivity contribution is 7.99. The van der Waals surface area contributed by atoms with Gasteiger partial charge in [0, 0.05) is 37.9 Å². The highest BCUT2D eigenvalue weighted by Crippen LogP contribution is 2.12. The van der Waals surface area contributed by atoms with Crippen LogP contribution in [0.4, 0.5) is 11.6 Å². The van der Waals surface area contributed by atoms with Crippen LogP contribution in [0.5, 0.6) is 0 Å². The number of aliphatic hydroxyl groups is 1. The lowest BCUT2D eigenvalue weighted by Crippen LogP contribution is -2.10. The minimum absolute atomic E-state index is 0.277. The van der Waals surface area contributed by atoms with E-state index in [1.165, 1.54) is 0 Å². The van der Waals surface area contributed by atoms with Gasteiger partial charge in [0.1, 0.15) is 17.5 Å². The second-order valence-corrected chi connectivity index (χ2v) is 5.68. The summed E-state index contributed by atoms with van der Waals surface area (Å²) in [6.07, 6.45) is 2.81. The van der Waals surface area contributed by atoms with Gasteiger partial charge in [0.15, 0.2) is 0 Å². The Morgan fingerprint density at radius 3 is 2.55 bits per heavy atom. The van der Waals surface area contributed by atoms with Gasteiger partial charge in [0.25, 0.3) is 0 Å². The quantitative estimate of drug-likeness (QED) is 0.545. The minimum Gasteiger partial charge on any atom is -0.396 e. The van der Waals surface area contributed by atoms with E-state index in [4.69, 9.17) is 5.11 Å². The number of nitrogens with one attached hydrogen (secondary N) is 2. The van der Waals surface area contributed by atoms with Crippen molar-refractivity contribution in [3.05, 3.63) is 11.9 Å². The molecule has 0 bridgehead atoms. The average Bonchev–Trinajstić information content (AvgIpc) is 2.43. The highest BCUT2D eigenvalue weighted by Gasteiger charge is 2.03. The van der Waals surface area contributed by atoms with Crippen LogP contribution in [0.1, 0.15) is 32.5 Å². The van der Waals surface area contributed by atoms with Crippen molar-refractivity contribution < 1.29 is 5.11 Å². The van der Waals surface area contributed by atoms with Crippen molar-refractivity contribution >= 4 is 23.4 Å². The monoisotopic (exact) mass is 298 g/mol. The van der Waals surface area contributed by atoms with E-state index in [1.54, 1.807) is 0 Å². The van der Waals surface area contributed by atoms with Gasteiger partial charge in [-0.15, -0.1) is 0 Å². The van der Waals surface area contributed by atoms with Crippen LogP contribution in [-0.2, 0) is 6.42 Å². The molecule has 1 rings (SSSR count). The van der Waals surface area contributed by atoms with Crippen molar-refractivity contribution in [3.8, 4) is 0 Å². The van der Waals surface area contributed by atoms with Gasteiger partial charge >= 0.3 is 0 Å². The summed E-state index contributed by atoms with van der Waals surface area (Å²) in [7, 11) is 0. The Balaban J connectivity index is 2.46. The Bertz CT molecular complexity index is 352. The molecule has 1 aromatic heterocycles. The van der Waals surface area contributed by atoms with Crippen molar-refractivity contribution in [1.29, 1.82) is 0 Å². The number of aryl methyl sites for hydroxylation is 1. The fourth-order valence-corrected chi connectivity index (χ4v) is 2.50. The summed E-state index contributed by atoms with van der Waals surface area (Å²) in [5.41, 5.74) is 0. The Morgan fingerprint density at radius 2 is 1.90 bits per heavy atom. The first-order chi connectivity index (χ1) is 9.80. The van der Waals surface area contributed by atoms with E-state index in [2.05, 4.69) is 34.4 Å². The lowest BCUT2D eigenvalue weighted by molar-refractivity contribution is 0.296. The van der Waals surface area contributed by atoms with Gasteiger partial charge < -0.3 is 15.7 Å². The van der Waals surface area contributed by atoms with Crippen LogP contribution >= 0.6 is 11.8 Å². The summed E-state index contributed by atoms with van der Waals surface area (Å²) in [4.78, 5) is 9.01. The Labute approximate surface area is 126 Å². The first-order valence-electron chi connectivity index (χ1n) is 7.34. The SMILES string of the molecule is CCCc1nc(NCC)cc(NCCSCCCO)n1. The van der Waals surface area contributed by atoms with E-state index in [0.717, 1.165) is 61.3 Å². The molecular formula is C14H26N4OS. The van der Waals surface area contributed by atoms with Gasteiger partial charge in [0.2, 0.25) is 0 Å². The van der Waals surface area contributed by atoms with Gasteiger partial charge in [-0.2, -0.15) is 11.8 Å². The number of aliphatic hydroxyl groups excluding tert-OH is 1. The molecule has 0 aliphatic carbocycles. The standard InChI is InChI=1S/C14H26N4OS/c1-3-6-12-17-13(15-4-2)11-14(18-12)16-7-10-20-9-5-8-19/h11,19H,3-10H2,1-2H3,(H2,15,16,17,18). The van der Waals surface area contributed by atoms with E-state index in [-0.39, 0.29) is 6.61 Å². The Hall–Kier alpha value is -1.01. The largest absolute Gasteiger partial charge is 0.396 e. The van der Waals surface area contributed by atoms with Crippen molar-refractivity contribution in [1.82, 2.24) is 9.97 Å². The smallest absolute Gasteiger partial charge is 0.133 e. The van der Waals surface area contributed by atoms with Crippen molar-refractivity contribution in [2.24, 2.45) is 0 Å². The van der Waals surface area contributed by atoms with Gasteiger partial charge in [0.05, 0.1) is 0 Å². The number of nitrogens with zero attached hydrogens (tertiary/aromatic N) is 2. The Kier molecular flexibility index (Phi) is 9.15. The third-order valence-electron chi connectivity index (χ3n) is 2.60. The van der Waals surface area contributed by atoms with Crippen LogP contribution in [0, 0.1) is 0 Å². The average molecular weight is 298 g/mol. The summed E-state index contributed by atoms with van der Waals surface area (Å²) in [6.45, 7) is 6.21. The molecule has 1 heterocycles. The third kappa shape index (κ3) is 6.96. The van der Waals surface area contributed by atoms with Crippen LogP contribution in [0.25, 0.3) is 0 Å². The van der Waals surface area contributed by atoms with E-state index in [9.17, 15) is 0 Å². The molecule has 0 amide bonds. The molecule has 5 nitrogen and oxygen atoms in total. The number of anilines is 2. The van der Waals surface area contributed by atoms with Gasteiger partial charge in [-0.25, -0.2) is 9.97 Å². The lowest BCUT2D eigenvalue weighted by Gasteiger charge is -2.10. The number of thioether (sulfide) groups is 1. The normalized spacial score (nSPS) is 10.6. The summed E-state index contributed by atoms with van der Waals surface area (Å²) in [5, 5.41) is 15.3. The maximum atomic E-state index is 8.71. The zero-order valence-electron chi connectivity index (χ0n) is 12.5. The number of hydrogen-bond acceptors (Lipinski definition) is 6. The molecular weight excluding hydrogens is 272 g/mol. The van der Waals surface area contributed by atoms with E-state index >= 15 is 0 Å². The topological polar surface area (TPSA) is 70.1 Å². The summed E-state index contributed by atoms with van der Waals surface area (Å²) in [6, 6.07) is 1.96. The molecule has 0 aliphatic rings. The number of hydrogen-bond donors (Lipinski definition) is 3. The van der Waals surface area contributed by atoms with E-state index in [0.29, 0.717) is 0 Å². The summed E-state index contributed by atoms with van der Waals surface area (Å²) < 4.78 is 0.